The van der Waals surface area contributed by atoms with Crippen molar-refractivity contribution < 1.29 is 14.2 Å². The maximum absolute atomic E-state index is 5.39. The zero-order chi connectivity index (χ0) is 13.8. The summed E-state index contributed by atoms with van der Waals surface area (Å²) in [5, 5.41) is 0. The van der Waals surface area contributed by atoms with Crippen LogP contribution in [0.5, 0.6) is 5.75 Å². The molecule has 5 nitrogen and oxygen atoms in total. The Bertz CT molecular complexity index is 322. The third-order valence-corrected chi connectivity index (χ3v) is 3.09. The zero-order valence-corrected chi connectivity index (χ0v) is 12.1. The van der Waals surface area contributed by atoms with Crippen LogP contribution in [0, 0.1) is 0 Å². The van der Waals surface area contributed by atoms with Gasteiger partial charge in [0, 0.05) is 18.0 Å². The Morgan fingerprint density at radius 2 is 1.74 bits per heavy atom. The summed E-state index contributed by atoms with van der Waals surface area (Å²) in [4.78, 5) is 1.15. The molecule has 0 radical (unpaired) electrons. The normalized spacial score (nSPS) is 10.6. The van der Waals surface area contributed by atoms with Gasteiger partial charge in [0.2, 0.25) is 0 Å². The van der Waals surface area contributed by atoms with Crippen molar-refractivity contribution in [2.24, 2.45) is 5.73 Å². The van der Waals surface area contributed by atoms with Crippen molar-refractivity contribution in [2.45, 2.75) is 4.90 Å². The van der Waals surface area contributed by atoms with E-state index in [1.165, 1.54) is 0 Å². The first-order valence-corrected chi connectivity index (χ1v) is 7.07. The van der Waals surface area contributed by atoms with Crippen LogP contribution in [0.4, 0.5) is 0 Å². The second kappa shape index (κ2) is 11.1. The van der Waals surface area contributed by atoms with Crippen molar-refractivity contribution in [1.29, 1.82) is 0 Å². The highest BCUT2D eigenvalue weighted by atomic mass is 32.2. The number of nitrogens with one attached hydrogen (secondary N) is 1. The Labute approximate surface area is 118 Å². The van der Waals surface area contributed by atoms with E-state index in [2.05, 4.69) is 4.72 Å². The van der Waals surface area contributed by atoms with E-state index in [0.29, 0.717) is 33.0 Å². The number of rotatable bonds is 11. The predicted octanol–water partition coefficient (Wildman–Crippen LogP) is 1.28. The average molecular weight is 286 g/mol. The number of hydrogen-bond donors (Lipinski definition) is 2. The van der Waals surface area contributed by atoms with Crippen molar-refractivity contribution >= 4 is 11.9 Å². The van der Waals surface area contributed by atoms with E-state index in [1.54, 1.807) is 19.1 Å². The standard InChI is InChI=1S/C13H22N2O3S/c1-16-12-2-4-13(5-3-12)19-15-7-9-18-11-10-17-8-6-14/h2-5,15H,6-11,14H2,1H3. The van der Waals surface area contributed by atoms with E-state index in [0.717, 1.165) is 17.2 Å². The van der Waals surface area contributed by atoms with Crippen molar-refractivity contribution in [1.82, 2.24) is 4.72 Å². The van der Waals surface area contributed by atoms with Crippen molar-refractivity contribution in [3.05, 3.63) is 24.3 Å². The predicted molar refractivity (Wildman–Crippen MR) is 77.5 cm³/mol. The van der Waals surface area contributed by atoms with Gasteiger partial charge in [-0.05, 0) is 36.2 Å². The van der Waals surface area contributed by atoms with E-state index in [-0.39, 0.29) is 0 Å². The molecule has 0 saturated heterocycles. The maximum atomic E-state index is 5.39. The Kier molecular flexibility index (Phi) is 9.48. The molecule has 3 N–H and O–H groups in total. The molecular formula is C13H22N2O3S. The van der Waals surface area contributed by atoms with Gasteiger partial charge in [0.15, 0.2) is 0 Å². The molecule has 108 valence electrons. The number of nitrogens with two attached hydrogens (primary N) is 1. The van der Waals surface area contributed by atoms with Gasteiger partial charge >= 0.3 is 0 Å². The summed E-state index contributed by atoms with van der Waals surface area (Å²) in [6.07, 6.45) is 0. The summed E-state index contributed by atoms with van der Waals surface area (Å²) in [6, 6.07) is 7.90. The fourth-order valence-electron chi connectivity index (χ4n) is 1.30. The van der Waals surface area contributed by atoms with Crippen molar-refractivity contribution in [3.8, 4) is 5.75 Å². The van der Waals surface area contributed by atoms with Crippen LogP contribution in [0.3, 0.4) is 0 Å². The van der Waals surface area contributed by atoms with Crippen LogP contribution in [0.2, 0.25) is 0 Å². The Hall–Kier alpha value is -0.790. The summed E-state index contributed by atoms with van der Waals surface area (Å²) in [6.45, 7) is 3.80. The van der Waals surface area contributed by atoms with E-state index >= 15 is 0 Å². The summed E-state index contributed by atoms with van der Waals surface area (Å²) in [5.41, 5.74) is 5.30. The average Bonchev–Trinajstić information content (AvgIpc) is 2.46. The van der Waals surface area contributed by atoms with E-state index < -0.39 is 0 Å². The molecular weight excluding hydrogens is 264 g/mol. The SMILES string of the molecule is COc1ccc(SNCCOCCOCCN)cc1. The van der Waals surface area contributed by atoms with Gasteiger partial charge in [0.05, 0.1) is 33.5 Å². The molecule has 0 amide bonds. The highest BCUT2D eigenvalue weighted by Crippen LogP contribution is 2.18. The van der Waals surface area contributed by atoms with Gasteiger partial charge < -0.3 is 19.9 Å². The van der Waals surface area contributed by atoms with Crippen LogP contribution in [0.1, 0.15) is 0 Å². The summed E-state index contributed by atoms with van der Waals surface area (Å²) in [7, 11) is 1.66. The molecule has 1 rings (SSSR count). The minimum absolute atomic E-state index is 0.556. The van der Waals surface area contributed by atoms with Crippen molar-refractivity contribution in [3.63, 3.8) is 0 Å². The molecule has 0 atom stereocenters. The molecule has 0 spiro atoms. The number of ether oxygens (including phenoxy) is 3. The Morgan fingerprint density at radius 3 is 2.37 bits per heavy atom. The first-order chi connectivity index (χ1) is 9.36. The number of hydrogen-bond acceptors (Lipinski definition) is 6. The molecule has 0 aliphatic rings. The molecule has 1 aromatic rings. The first-order valence-electron chi connectivity index (χ1n) is 6.26. The van der Waals surface area contributed by atoms with E-state index in [4.69, 9.17) is 19.9 Å². The molecule has 0 heterocycles. The maximum Gasteiger partial charge on any atom is 0.118 e. The molecule has 6 heteroatoms. The van der Waals surface area contributed by atoms with Gasteiger partial charge in [-0.2, -0.15) is 0 Å². The lowest BCUT2D eigenvalue weighted by atomic mass is 10.3. The lowest BCUT2D eigenvalue weighted by molar-refractivity contribution is 0.0532. The van der Waals surface area contributed by atoms with Gasteiger partial charge in [0.25, 0.3) is 0 Å². The molecule has 1 aromatic carbocycles. The second-order valence-corrected chi connectivity index (χ2v) is 4.65. The topological polar surface area (TPSA) is 65.7 Å². The van der Waals surface area contributed by atoms with Gasteiger partial charge in [-0.1, -0.05) is 0 Å². The van der Waals surface area contributed by atoms with Gasteiger partial charge in [-0.3, -0.25) is 4.72 Å². The highest BCUT2D eigenvalue weighted by Gasteiger charge is 1.95. The zero-order valence-electron chi connectivity index (χ0n) is 11.3. The summed E-state index contributed by atoms with van der Waals surface area (Å²) < 4.78 is 18.9. The van der Waals surface area contributed by atoms with Crippen LogP contribution in [-0.4, -0.2) is 46.6 Å². The lowest BCUT2D eigenvalue weighted by Crippen LogP contribution is -2.16. The smallest absolute Gasteiger partial charge is 0.118 e. The van der Waals surface area contributed by atoms with Crippen LogP contribution in [0.15, 0.2) is 29.2 Å². The van der Waals surface area contributed by atoms with E-state index in [9.17, 15) is 0 Å². The molecule has 0 fully saturated rings. The minimum atomic E-state index is 0.556. The van der Waals surface area contributed by atoms with Crippen LogP contribution in [-0.2, 0) is 9.47 Å². The largest absolute Gasteiger partial charge is 0.497 e. The fourth-order valence-corrected chi connectivity index (χ4v) is 1.92. The van der Waals surface area contributed by atoms with Crippen LogP contribution >= 0.6 is 11.9 Å². The molecule has 0 unspecified atom stereocenters. The van der Waals surface area contributed by atoms with Gasteiger partial charge in [-0.15, -0.1) is 0 Å². The molecule has 0 aliphatic heterocycles. The molecule has 19 heavy (non-hydrogen) atoms. The molecule has 0 aromatic heterocycles. The Balaban J connectivity index is 1.95. The summed E-state index contributed by atoms with van der Waals surface area (Å²) >= 11 is 1.58. The minimum Gasteiger partial charge on any atom is -0.497 e. The number of benzene rings is 1. The van der Waals surface area contributed by atoms with Gasteiger partial charge in [0.1, 0.15) is 5.75 Å². The van der Waals surface area contributed by atoms with Crippen molar-refractivity contribution in [2.75, 3.05) is 46.6 Å². The quantitative estimate of drug-likeness (QED) is 0.472. The molecule has 0 aliphatic carbocycles. The highest BCUT2D eigenvalue weighted by molar-refractivity contribution is 7.97. The summed E-state index contributed by atoms with van der Waals surface area (Å²) in [5.74, 6) is 0.866. The second-order valence-electron chi connectivity index (χ2n) is 3.69. The third-order valence-electron chi connectivity index (χ3n) is 2.23. The lowest BCUT2D eigenvalue weighted by Gasteiger charge is -2.06. The van der Waals surface area contributed by atoms with Gasteiger partial charge in [-0.25, -0.2) is 0 Å². The third kappa shape index (κ3) is 8.07. The van der Waals surface area contributed by atoms with Crippen LogP contribution in [0.25, 0.3) is 0 Å². The molecule has 0 bridgehead atoms. The van der Waals surface area contributed by atoms with Crippen LogP contribution < -0.4 is 15.2 Å². The first kappa shape index (κ1) is 16.3. The monoisotopic (exact) mass is 286 g/mol. The Morgan fingerprint density at radius 1 is 1.05 bits per heavy atom. The fraction of sp³-hybridized carbons (Fsp3) is 0.538. The van der Waals surface area contributed by atoms with E-state index in [1.807, 2.05) is 24.3 Å². The number of methoxy groups -OCH3 is 1. The molecule has 0 saturated carbocycles.